The molecule has 0 atom stereocenters. The molecule has 0 saturated carbocycles. The molecule has 0 aromatic carbocycles. The van der Waals surface area contributed by atoms with Gasteiger partial charge in [0.1, 0.15) is 0 Å². The summed E-state index contributed by atoms with van der Waals surface area (Å²) in [6, 6.07) is 2.21. The molecular weight excluding hydrogens is 225 g/mol. The third kappa shape index (κ3) is 1.47. The van der Waals surface area contributed by atoms with E-state index in [2.05, 4.69) is 53.4 Å². The van der Waals surface area contributed by atoms with E-state index in [0.717, 1.165) is 6.42 Å². The first-order chi connectivity index (χ1) is 4.24. The van der Waals surface area contributed by atoms with Crippen LogP contribution in [0.2, 0.25) is 0 Å². The highest BCUT2D eigenvalue weighted by atomic mass is 127. The molecule has 1 heterocycles. The van der Waals surface area contributed by atoms with Gasteiger partial charge in [-0.1, -0.05) is 6.92 Å². The van der Waals surface area contributed by atoms with E-state index in [1.807, 2.05) is 0 Å². The maximum atomic E-state index is 2.33. The standard InChI is InChI=1S/C7H10IN/c1-3-7-4-6(8)5-9(7)2/h4-5H,3H2,1-2H3. The van der Waals surface area contributed by atoms with E-state index >= 15 is 0 Å². The van der Waals surface area contributed by atoms with Crippen LogP contribution in [0.1, 0.15) is 12.6 Å². The molecule has 0 fully saturated rings. The van der Waals surface area contributed by atoms with Gasteiger partial charge in [-0.25, -0.2) is 0 Å². The minimum Gasteiger partial charge on any atom is -0.353 e. The van der Waals surface area contributed by atoms with Crippen LogP contribution < -0.4 is 0 Å². The quantitative estimate of drug-likeness (QED) is 0.657. The van der Waals surface area contributed by atoms with Gasteiger partial charge >= 0.3 is 0 Å². The molecule has 1 aromatic heterocycles. The lowest BCUT2D eigenvalue weighted by Gasteiger charge is -1.94. The molecule has 2 heteroatoms. The van der Waals surface area contributed by atoms with Crippen molar-refractivity contribution in [2.75, 3.05) is 0 Å². The van der Waals surface area contributed by atoms with Gasteiger partial charge in [-0.05, 0) is 35.1 Å². The molecule has 1 nitrogen and oxygen atoms in total. The molecule has 0 unspecified atom stereocenters. The lowest BCUT2D eigenvalue weighted by atomic mass is 10.3. The molecule has 0 amide bonds. The number of halogens is 1. The Kier molecular flexibility index (Phi) is 2.16. The van der Waals surface area contributed by atoms with E-state index in [9.17, 15) is 0 Å². The molecule has 0 aliphatic heterocycles. The van der Waals surface area contributed by atoms with Gasteiger partial charge in [-0.3, -0.25) is 0 Å². The number of aryl methyl sites for hydroxylation is 2. The second-order valence-corrected chi connectivity index (χ2v) is 3.36. The first kappa shape index (κ1) is 7.12. The minimum absolute atomic E-state index is 1.12. The zero-order valence-electron chi connectivity index (χ0n) is 5.69. The number of rotatable bonds is 1. The van der Waals surface area contributed by atoms with Crippen LogP contribution >= 0.6 is 22.6 Å². The molecular formula is C7H10IN. The van der Waals surface area contributed by atoms with Crippen molar-refractivity contribution in [3.8, 4) is 0 Å². The van der Waals surface area contributed by atoms with Gasteiger partial charge in [0, 0.05) is 22.5 Å². The summed E-state index contributed by atoms with van der Waals surface area (Å²) in [5.41, 5.74) is 1.40. The highest BCUT2D eigenvalue weighted by molar-refractivity contribution is 14.1. The maximum absolute atomic E-state index is 2.33. The van der Waals surface area contributed by atoms with Crippen molar-refractivity contribution in [1.82, 2.24) is 4.57 Å². The Morgan fingerprint density at radius 2 is 2.33 bits per heavy atom. The Morgan fingerprint density at radius 1 is 1.67 bits per heavy atom. The smallest absolute Gasteiger partial charge is 0.0309 e. The largest absolute Gasteiger partial charge is 0.353 e. The minimum atomic E-state index is 1.12. The fourth-order valence-electron chi connectivity index (χ4n) is 0.918. The van der Waals surface area contributed by atoms with Gasteiger partial charge in [0.15, 0.2) is 0 Å². The summed E-state index contributed by atoms with van der Waals surface area (Å²) in [7, 11) is 2.08. The second kappa shape index (κ2) is 2.73. The Balaban J connectivity index is 3.01. The Bertz CT molecular complexity index is 203. The number of hydrogen-bond acceptors (Lipinski definition) is 0. The molecule has 50 valence electrons. The van der Waals surface area contributed by atoms with Crippen LogP contribution in [0, 0.1) is 3.57 Å². The summed E-state index contributed by atoms with van der Waals surface area (Å²) >= 11 is 2.33. The van der Waals surface area contributed by atoms with Crippen molar-refractivity contribution in [1.29, 1.82) is 0 Å². The molecule has 0 aliphatic carbocycles. The molecule has 1 aromatic rings. The van der Waals surface area contributed by atoms with E-state index in [4.69, 9.17) is 0 Å². The van der Waals surface area contributed by atoms with Crippen molar-refractivity contribution in [3.05, 3.63) is 21.5 Å². The fraction of sp³-hybridized carbons (Fsp3) is 0.429. The first-order valence-corrected chi connectivity index (χ1v) is 4.12. The topological polar surface area (TPSA) is 4.93 Å². The number of hydrogen-bond donors (Lipinski definition) is 0. The Hall–Kier alpha value is 0.01000. The van der Waals surface area contributed by atoms with Crippen molar-refractivity contribution in [3.63, 3.8) is 0 Å². The van der Waals surface area contributed by atoms with Crippen molar-refractivity contribution in [2.24, 2.45) is 7.05 Å². The lowest BCUT2D eigenvalue weighted by molar-refractivity contribution is 0.837. The number of nitrogens with zero attached hydrogens (tertiary/aromatic N) is 1. The first-order valence-electron chi connectivity index (χ1n) is 3.04. The Morgan fingerprint density at radius 3 is 2.56 bits per heavy atom. The SMILES string of the molecule is CCc1cc(I)cn1C. The van der Waals surface area contributed by atoms with Crippen LogP contribution in [0.15, 0.2) is 12.3 Å². The highest BCUT2D eigenvalue weighted by Crippen LogP contribution is 2.09. The second-order valence-electron chi connectivity index (χ2n) is 2.11. The van der Waals surface area contributed by atoms with Crippen LogP contribution in [-0.2, 0) is 13.5 Å². The Labute approximate surface area is 69.2 Å². The summed E-state index contributed by atoms with van der Waals surface area (Å²) in [4.78, 5) is 0. The highest BCUT2D eigenvalue weighted by Gasteiger charge is 1.95. The normalized spacial score (nSPS) is 10.1. The van der Waals surface area contributed by atoms with Gasteiger partial charge in [0.05, 0.1) is 0 Å². The molecule has 0 saturated heterocycles. The van der Waals surface area contributed by atoms with Crippen LogP contribution in [0.5, 0.6) is 0 Å². The molecule has 9 heavy (non-hydrogen) atoms. The predicted molar refractivity (Wildman–Crippen MR) is 47.5 cm³/mol. The molecule has 0 aliphatic rings. The van der Waals surface area contributed by atoms with Gasteiger partial charge in [-0.15, -0.1) is 0 Å². The summed E-state index contributed by atoms with van der Waals surface area (Å²) in [6.45, 7) is 2.17. The van der Waals surface area contributed by atoms with E-state index in [-0.39, 0.29) is 0 Å². The predicted octanol–water partition coefficient (Wildman–Crippen LogP) is 2.19. The molecule has 0 radical (unpaired) electrons. The molecule has 0 bridgehead atoms. The van der Waals surface area contributed by atoms with Crippen LogP contribution in [-0.4, -0.2) is 4.57 Å². The molecule has 0 spiro atoms. The van der Waals surface area contributed by atoms with Crippen LogP contribution in [0.3, 0.4) is 0 Å². The lowest BCUT2D eigenvalue weighted by Crippen LogP contribution is -1.90. The van der Waals surface area contributed by atoms with Crippen molar-refractivity contribution >= 4 is 22.6 Å². The van der Waals surface area contributed by atoms with Gasteiger partial charge in [0.25, 0.3) is 0 Å². The van der Waals surface area contributed by atoms with Crippen molar-refractivity contribution in [2.45, 2.75) is 13.3 Å². The summed E-state index contributed by atoms with van der Waals surface area (Å²) in [5, 5.41) is 0. The van der Waals surface area contributed by atoms with Crippen molar-refractivity contribution < 1.29 is 0 Å². The molecule has 1 rings (SSSR count). The van der Waals surface area contributed by atoms with Crippen LogP contribution in [0.4, 0.5) is 0 Å². The van der Waals surface area contributed by atoms with E-state index in [1.54, 1.807) is 0 Å². The van der Waals surface area contributed by atoms with E-state index in [1.165, 1.54) is 9.26 Å². The average Bonchev–Trinajstić information content (AvgIpc) is 2.10. The summed E-state index contributed by atoms with van der Waals surface area (Å²) < 4.78 is 3.49. The monoisotopic (exact) mass is 235 g/mol. The zero-order valence-corrected chi connectivity index (χ0v) is 7.84. The fourth-order valence-corrected chi connectivity index (χ4v) is 1.69. The van der Waals surface area contributed by atoms with Gasteiger partial charge in [-0.2, -0.15) is 0 Å². The maximum Gasteiger partial charge on any atom is 0.0309 e. The third-order valence-corrected chi connectivity index (χ3v) is 2.03. The summed E-state index contributed by atoms with van der Waals surface area (Å²) in [6.07, 6.45) is 3.26. The molecule has 0 N–H and O–H groups in total. The average molecular weight is 235 g/mol. The van der Waals surface area contributed by atoms with E-state index in [0.29, 0.717) is 0 Å². The van der Waals surface area contributed by atoms with Gasteiger partial charge in [0.2, 0.25) is 0 Å². The summed E-state index contributed by atoms with van der Waals surface area (Å²) in [5.74, 6) is 0. The zero-order chi connectivity index (χ0) is 6.85. The van der Waals surface area contributed by atoms with Gasteiger partial charge < -0.3 is 4.57 Å². The van der Waals surface area contributed by atoms with E-state index < -0.39 is 0 Å². The van der Waals surface area contributed by atoms with Crippen LogP contribution in [0.25, 0.3) is 0 Å². The third-order valence-electron chi connectivity index (χ3n) is 1.44. The number of aromatic nitrogens is 1.